The lowest BCUT2D eigenvalue weighted by Gasteiger charge is -2.12. The molecule has 24 heavy (non-hydrogen) atoms. The van der Waals surface area contributed by atoms with Crippen LogP contribution >= 0.6 is 0 Å². The summed E-state index contributed by atoms with van der Waals surface area (Å²) in [4.78, 5) is 10.7. The first-order valence-corrected chi connectivity index (χ1v) is 7.91. The number of rotatable bonds is 6. The minimum absolute atomic E-state index is 0.126. The second-order valence-corrected chi connectivity index (χ2v) is 5.83. The van der Waals surface area contributed by atoms with Crippen molar-refractivity contribution < 1.29 is 14.6 Å². The van der Waals surface area contributed by atoms with Gasteiger partial charge in [-0.25, -0.2) is 4.79 Å². The molecule has 0 unspecified atom stereocenters. The predicted octanol–water partition coefficient (Wildman–Crippen LogP) is 4.85. The van der Waals surface area contributed by atoms with Crippen molar-refractivity contribution in [1.29, 1.82) is 0 Å². The van der Waals surface area contributed by atoms with Crippen LogP contribution in [-0.2, 0) is 4.79 Å². The number of carboxylic acids is 1. The molecule has 0 heterocycles. The van der Waals surface area contributed by atoms with Crippen LogP contribution in [-0.4, -0.2) is 17.2 Å². The molecule has 0 radical (unpaired) electrons. The van der Waals surface area contributed by atoms with Crippen molar-refractivity contribution in [3.63, 3.8) is 0 Å². The van der Waals surface area contributed by atoms with E-state index in [-0.39, 0.29) is 6.10 Å². The topological polar surface area (TPSA) is 46.5 Å². The minimum Gasteiger partial charge on any atom is -0.491 e. The number of aryl methyl sites for hydroxylation is 1. The van der Waals surface area contributed by atoms with E-state index >= 15 is 0 Å². The molecule has 0 aliphatic heterocycles. The van der Waals surface area contributed by atoms with E-state index in [9.17, 15) is 4.79 Å². The summed E-state index contributed by atoms with van der Waals surface area (Å²) in [6.45, 7) is 6.01. The summed E-state index contributed by atoms with van der Waals surface area (Å²) < 4.78 is 5.67. The minimum atomic E-state index is -0.963. The predicted molar refractivity (Wildman–Crippen MR) is 97.2 cm³/mol. The molecule has 3 nitrogen and oxygen atoms in total. The normalized spacial score (nSPS) is 11.9. The van der Waals surface area contributed by atoms with Crippen molar-refractivity contribution in [2.24, 2.45) is 0 Å². The van der Waals surface area contributed by atoms with Crippen LogP contribution in [0.5, 0.6) is 5.75 Å². The maximum absolute atomic E-state index is 10.7. The van der Waals surface area contributed by atoms with Crippen molar-refractivity contribution in [3.8, 4) is 5.75 Å². The molecule has 0 fully saturated rings. The zero-order valence-corrected chi connectivity index (χ0v) is 14.2. The highest BCUT2D eigenvalue weighted by Gasteiger charge is 2.06. The van der Waals surface area contributed by atoms with Crippen LogP contribution in [0.4, 0.5) is 0 Å². The van der Waals surface area contributed by atoms with E-state index in [1.165, 1.54) is 5.56 Å². The molecule has 2 rings (SSSR count). The SMILES string of the molecule is Cc1ccc(C(=CC=CC(=O)O)c2ccc(OC(C)C)cc2)cc1. The van der Waals surface area contributed by atoms with E-state index in [0.29, 0.717) is 0 Å². The lowest BCUT2D eigenvalue weighted by molar-refractivity contribution is -0.131. The third-order valence-corrected chi connectivity index (χ3v) is 3.40. The van der Waals surface area contributed by atoms with E-state index in [2.05, 4.69) is 0 Å². The largest absolute Gasteiger partial charge is 0.491 e. The van der Waals surface area contributed by atoms with Crippen LogP contribution in [0, 0.1) is 6.92 Å². The van der Waals surface area contributed by atoms with Gasteiger partial charge in [-0.2, -0.15) is 0 Å². The highest BCUT2D eigenvalue weighted by atomic mass is 16.5. The van der Waals surface area contributed by atoms with Gasteiger partial charge >= 0.3 is 5.97 Å². The smallest absolute Gasteiger partial charge is 0.328 e. The molecule has 0 spiro atoms. The zero-order valence-electron chi connectivity index (χ0n) is 14.2. The van der Waals surface area contributed by atoms with Gasteiger partial charge in [-0.05, 0) is 49.6 Å². The van der Waals surface area contributed by atoms with Crippen LogP contribution in [0.1, 0.15) is 30.5 Å². The monoisotopic (exact) mass is 322 g/mol. The summed E-state index contributed by atoms with van der Waals surface area (Å²) in [7, 11) is 0. The van der Waals surface area contributed by atoms with Crippen LogP contribution in [0.15, 0.2) is 66.8 Å². The number of carboxylic acid groups (broad SMARTS) is 1. The van der Waals surface area contributed by atoms with Gasteiger partial charge in [-0.3, -0.25) is 0 Å². The number of hydrogen-bond donors (Lipinski definition) is 1. The molecule has 0 amide bonds. The van der Waals surface area contributed by atoms with E-state index in [1.54, 1.807) is 6.08 Å². The molecule has 1 N–H and O–H groups in total. The van der Waals surface area contributed by atoms with Gasteiger partial charge in [0.2, 0.25) is 0 Å². The zero-order chi connectivity index (χ0) is 17.5. The Kier molecular flexibility index (Phi) is 5.96. The number of aliphatic carboxylic acids is 1. The fraction of sp³-hybridized carbons (Fsp3) is 0.190. The number of ether oxygens (including phenoxy) is 1. The first kappa shape index (κ1) is 17.5. The van der Waals surface area contributed by atoms with E-state index in [1.807, 2.05) is 75.4 Å². The molecule has 0 saturated carbocycles. The van der Waals surface area contributed by atoms with Crippen LogP contribution in [0.2, 0.25) is 0 Å². The van der Waals surface area contributed by atoms with Gasteiger partial charge in [0.05, 0.1) is 6.10 Å². The second kappa shape index (κ2) is 8.16. The highest BCUT2D eigenvalue weighted by Crippen LogP contribution is 2.26. The summed E-state index contributed by atoms with van der Waals surface area (Å²) in [5.74, 6) is -0.145. The Morgan fingerprint density at radius 2 is 1.54 bits per heavy atom. The Labute approximate surface area is 142 Å². The molecule has 0 atom stereocenters. The third kappa shape index (κ3) is 5.13. The Morgan fingerprint density at radius 1 is 1.00 bits per heavy atom. The quantitative estimate of drug-likeness (QED) is 0.610. The number of carbonyl (C=O) groups is 1. The molecular weight excluding hydrogens is 300 g/mol. The highest BCUT2D eigenvalue weighted by molar-refractivity contribution is 5.84. The summed E-state index contributed by atoms with van der Waals surface area (Å²) >= 11 is 0. The Morgan fingerprint density at radius 3 is 2.04 bits per heavy atom. The fourth-order valence-electron chi connectivity index (χ4n) is 2.30. The molecule has 0 aliphatic rings. The van der Waals surface area contributed by atoms with Crippen molar-refractivity contribution in [2.45, 2.75) is 26.9 Å². The second-order valence-electron chi connectivity index (χ2n) is 5.83. The molecule has 0 aliphatic carbocycles. The number of hydrogen-bond acceptors (Lipinski definition) is 2. The summed E-state index contributed by atoms with van der Waals surface area (Å²) in [6, 6.07) is 16.0. The van der Waals surface area contributed by atoms with Gasteiger partial charge in [-0.1, -0.05) is 54.1 Å². The summed E-state index contributed by atoms with van der Waals surface area (Å²) in [5.41, 5.74) is 4.18. The molecule has 0 saturated heterocycles. The first-order valence-electron chi connectivity index (χ1n) is 7.91. The molecule has 2 aromatic rings. The number of benzene rings is 2. The molecule has 124 valence electrons. The molecule has 2 aromatic carbocycles. The molecule has 3 heteroatoms. The standard InChI is InChI=1S/C21H22O3/c1-15(2)24-19-13-11-18(12-14-19)20(5-4-6-21(22)23)17-9-7-16(3)8-10-17/h4-15H,1-3H3,(H,22,23). The number of allylic oxidation sites excluding steroid dienone is 2. The van der Waals surface area contributed by atoms with Crippen LogP contribution < -0.4 is 4.74 Å². The lowest BCUT2D eigenvalue weighted by atomic mass is 9.96. The van der Waals surface area contributed by atoms with Gasteiger partial charge in [-0.15, -0.1) is 0 Å². The lowest BCUT2D eigenvalue weighted by Crippen LogP contribution is -2.05. The Hall–Kier alpha value is -2.81. The summed E-state index contributed by atoms with van der Waals surface area (Å²) in [5, 5.41) is 8.79. The molecule has 0 aromatic heterocycles. The van der Waals surface area contributed by atoms with Crippen molar-refractivity contribution in [1.82, 2.24) is 0 Å². The van der Waals surface area contributed by atoms with Gasteiger partial charge in [0.1, 0.15) is 5.75 Å². The molecule has 0 bridgehead atoms. The van der Waals surface area contributed by atoms with E-state index in [4.69, 9.17) is 9.84 Å². The summed E-state index contributed by atoms with van der Waals surface area (Å²) in [6.07, 6.45) is 4.62. The Balaban J connectivity index is 2.38. The van der Waals surface area contributed by atoms with Gasteiger partial charge in [0.15, 0.2) is 0 Å². The average Bonchev–Trinajstić information content (AvgIpc) is 2.53. The third-order valence-electron chi connectivity index (χ3n) is 3.40. The first-order chi connectivity index (χ1) is 11.5. The molecular formula is C21H22O3. The fourth-order valence-corrected chi connectivity index (χ4v) is 2.30. The van der Waals surface area contributed by atoms with E-state index in [0.717, 1.165) is 28.5 Å². The van der Waals surface area contributed by atoms with Crippen molar-refractivity contribution in [2.75, 3.05) is 0 Å². The van der Waals surface area contributed by atoms with Gasteiger partial charge < -0.3 is 9.84 Å². The maximum Gasteiger partial charge on any atom is 0.328 e. The van der Waals surface area contributed by atoms with Crippen LogP contribution in [0.25, 0.3) is 5.57 Å². The van der Waals surface area contributed by atoms with E-state index < -0.39 is 5.97 Å². The maximum atomic E-state index is 10.7. The Bertz CT molecular complexity index is 736. The van der Waals surface area contributed by atoms with Gasteiger partial charge in [0, 0.05) is 6.08 Å². The average molecular weight is 322 g/mol. The van der Waals surface area contributed by atoms with Crippen LogP contribution in [0.3, 0.4) is 0 Å². The van der Waals surface area contributed by atoms with Gasteiger partial charge in [0.25, 0.3) is 0 Å². The van der Waals surface area contributed by atoms with Crippen molar-refractivity contribution in [3.05, 3.63) is 83.4 Å². The van der Waals surface area contributed by atoms with Crippen molar-refractivity contribution >= 4 is 11.5 Å².